The fourth-order valence-corrected chi connectivity index (χ4v) is 6.37. The van der Waals surface area contributed by atoms with Crippen LogP contribution >= 0.6 is 22.9 Å². The number of rotatable bonds is 17. The molecule has 1 fully saturated rings. The van der Waals surface area contributed by atoms with Crippen molar-refractivity contribution in [2.75, 3.05) is 62.7 Å². The van der Waals surface area contributed by atoms with Crippen LogP contribution in [-0.4, -0.2) is 106 Å². The van der Waals surface area contributed by atoms with Crippen LogP contribution in [0.4, 0.5) is 16.8 Å². The molecule has 0 bridgehead atoms. The molecule has 0 saturated carbocycles. The highest BCUT2D eigenvalue weighted by atomic mass is 35.5. The van der Waals surface area contributed by atoms with Gasteiger partial charge in [-0.05, 0) is 66.7 Å². The van der Waals surface area contributed by atoms with E-state index in [2.05, 4.69) is 47.3 Å². The number of allylic oxidation sites excluding steroid dienone is 4. The molecule has 1 aliphatic heterocycles. The molecule has 3 heterocycles. The average molecular weight is 783 g/mol. The van der Waals surface area contributed by atoms with Gasteiger partial charge in [-0.25, -0.2) is 15.0 Å². The van der Waals surface area contributed by atoms with Crippen molar-refractivity contribution in [2.45, 2.75) is 59.7 Å². The van der Waals surface area contributed by atoms with Gasteiger partial charge in [0.2, 0.25) is 0 Å². The molecular formula is C38H51ClN8O6S. The third-order valence-electron chi connectivity index (χ3n) is 8.37. The standard InChI is InChI=1S/C38H51ClN8O6S/c1-9-11-27(39)32(24(2)3)45-35(51)29-21-40-36(54-29)44-30-20-31(43-25(4)42-30)47-16-14-46(15-17-47)18-19-52-38(7,8)23-53-37(5,6)22-41-34(50)26-12-10-13-28(48)33(26)49/h9-13,20-21,48-49H,1,14-19,22-23H2,2-8H3,(H,41,50)(H,45,51)(H,40,42,43,44)/b27-11+. The van der Waals surface area contributed by atoms with Gasteiger partial charge in [-0.15, -0.1) is 0 Å². The summed E-state index contributed by atoms with van der Waals surface area (Å²) in [5.74, 6) is 0.376. The second-order valence-corrected chi connectivity index (χ2v) is 15.7. The van der Waals surface area contributed by atoms with Crippen molar-refractivity contribution < 1.29 is 29.3 Å². The van der Waals surface area contributed by atoms with Gasteiger partial charge in [-0.3, -0.25) is 14.5 Å². The number of para-hydroxylation sites is 1. The number of nitrogens with zero attached hydrogens (tertiary/aromatic N) is 5. The van der Waals surface area contributed by atoms with E-state index in [1.807, 2.05) is 54.5 Å². The van der Waals surface area contributed by atoms with Crippen LogP contribution in [0, 0.1) is 6.92 Å². The molecule has 0 unspecified atom stereocenters. The fourth-order valence-electron chi connectivity index (χ4n) is 5.33. The number of carbonyl (C=O) groups is 2. The number of thiazole rings is 1. The van der Waals surface area contributed by atoms with E-state index in [1.165, 1.54) is 35.7 Å². The highest BCUT2D eigenvalue weighted by Gasteiger charge is 2.28. The first-order valence-corrected chi connectivity index (χ1v) is 18.8. The number of piperazine rings is 1. The van der Waals surface area contributed by atoms with Crippen molar-refractivity contribution in [3.63, 3.8) is 0 Å². The van der Waals surface area contributed by atoms with Crippen LogP contribution in [-0.2, 0) is 9.47 Å². The molecule has 16 heteroatoms. The van der Waals surface area contributed by atoms with Crippen molar-refractivity contribution in [1.82, 2.24) is 30.5 Å². The molecule has 14 nitrogen and oxygen atoms in total. The Morgan fingerprint density at radius 2 is 1.78 bits per heavy atom. The Labute approximate surface area is 326 Å². The number of ether oxygens (including phenoxy) is 2. The normalized spacial score (nSPS) is 14.1. The second-order valence-electron chi connectivity index (χ2n) is 14.2. The van der Waals surface area contributed by atoms with Crippen molar-refractivity contribution >= 4 is 51.5 Å². The summed E-state index contributed by atoms with van der Waals surface area (Å²) >= 11 is 7.54. The average Bonchev–Trinajstić information content (AvgIpc) is 3.58. The van der Waals surface area contributed by atoms with Crippen LogP contribution in [0.3, 0.4) is 0 Å². The minimum Gasteiger partial charge on any atom is -0.504 e. The topological polar surface area (TPSA) is 174 Å². The Morgan fingerprint density at radius 3 is 2.46 bits per heavy atom. The number of nitrogens with one attached hydrogen (secondary N) is 3. The van der Waals surface area contributed by atoms with Gasteiger partial charge in [0.15, 0.2) is 16.6 Å². The van der Waals surface area contributed by atoms with Gasteiger partial charge in [0, 0.05) is 45.3 Å². The number of aromatic nitrogens is 3. The van der Waals surface area contributed by atoms with Crippen LogP contribution < -0.4 is 20.9 Å². The zero-order chi connectivity index (χ0) is 39.6. The minimum absolute atomic E-state index is 0.00665. The summed E-state index contributed by atoms with van der Waals surface area (Å²) in [6.45, 7) is 21.9. The predicted molar refractivity (Wildman–Crippen MR) is 213 cm³/mol. The molecule has 5 N–H and O–H groups in total. The summed E-state index contributed by atoms with van der Waals surface area (Å²) in [7, 11) is 0. The molecule has 1 aromatic carbocycles. The maximum absolute atomic E-state index is 13.0. The van der Waals surface area contributed by atoms with E-state index in [1.54, 1.807) is 12.2 Å². The Morgan fingerprint density at radius 1 is 1.06 bits per heavy atom. The van der Waals surface area contributed by atoms with Crippen LogP contribution in [0.2, 0.25) is 0 Å². The van der Waals surface area contributed by atoms with E-state index in [4.69, 9.17) is 21.1 Å². The summed E-state index contributed by atoms with van der Waals surface area (Å²) in [6.07, 6.45) is 4.70. The van der Waals surface area contributed by atoms with Crippen LogP contribution in [0.1, 0.15) is 67.4 Å². The zero-order valence-electron chi connectivity index (χ0n) is 32.0. The molecule has 1 aliphatic rings. The maximum atomic E-state index is 13.0. The highest BCUT2D eigenvalue weighted by Crippen LogP contribution is 2.29. The van der Waals surface area contributed by atoms with Gasteiger partial charge in [0.25, 0.3) is 11.8 Å². The van der Waals surface area contributed by atoms with Gasteiger partial charge >= 0.3 is 0 Å². The summed E-state index contributed by atoms with van der Waals surface area (Å²) < 4.78 is 12.3. The number of benzene rings is 1. The van der Waals surface area contributed by atoms with E-state index in [0.29, 0.717) is 45.6 Å². The van der Waals surface area contributed by atoms with E-state index in [-0.39, 0.29) is 23.8 Å². The number of phenolic OH excluding ortho intramolecular Hbond substituents is 2. The van der Waals surface area contributed by atoms with E-state index in [0.717, 1.165) is 44.1 Å². The lowest BCUT2D eigenvalue weighted by Crippen LogP contribution is -2.48. The molecule has 2 aromatic heterocycles. The smallest absolute Gasteiger partial charge is 0.267 e. The van der Waals surface area contributed by atoms with E-state index in [9.17, 15) is 19.8 Å². The molecule has 4 rings (SSSR count). The van der Waals surface area contributed by atoms with Crippen LogP contribution in [0.25, 0.3) is 0 Å². The van der Waals surface area contributed by atoms with Crippen molar-refractivity contribution in [2.24, 2.45) is 0 Å². The molecule has 0 spiro atoms. The Hall–Kier alpha value is -4.54. The molecule has 1 saturated heterocycles. The number of anilines is 3. The molecule has 2 amide bonds. The Kier molecular flexibility index (Phi) is 14.6. The molecule has 0 aliphatic carbocycles. The summed E-state index contributed by atoms with van der Waals surface area (Å²) in [4.78, 5) is 44.1. The molecule has 292 valence electrons. The number of hydrogen-bond donors (Lipinski definition) is 5. The highest BCUT2D eigenvalue weighted by molar-refractivity contribution is 7.17. The van der Waals surface area contributed by atoms with E-state index < -0.39 is 22.9 Å². The van der Waals surface area contributed by atoms with Crippen LogP contribution in [0.5, 0.6) is 11.5 Å². The third-order valence-corrected chi connectivity index (χ3v) is 9.60. The minimum atomic E-state index is -0.707. The van der Waals surface area contributed by atoms with Gasteiger partial charge in [-0.1, -0.05) is 47.2 Å². The lowest BCUT2D eigenvalue weighted by molar-refractivity contribution is -0.120. The second kappa shape index (κ2) is 18.7. The lowest BCUT2D eigenvalue weighted by atomic mass is 10.1. The fraction of sp³-hybridized carbons (Fsp3) is 0.447. The van der Waals surface area contributed by atoms with Gasteiger partial charge in [-0.2, -0.15) is 0 Å². The quantitative estimate of drug-likeness (QED) is 0.0815. The number of aromatic hydroxyl groups is 2. The molecule has 0 radical (unpaired) electrons. The third kappa shape index (κ3) is 12.2. The van der Waals surface area contributed by atoms with Gasteiger partial charge in [0.1, 0.15) is 22.3 Å². The molecule has 54 heavy (non-hydrogen) atoms. The SMILES string of the molecule is C=C/C=C(/Cl)C(NC(=O)c1cnc(Nc2cc(N3CCN(CCOC(C)(C)COC(C)(C)CNC(=O)c4cccc(O)c4O)CC3)nc(C)n2)s1)=C(C)C. The Balaban J connectivity index is 1.21. The summed E-state index contributed by atoms with van der Waals surface area (Å²) in [5.41, 5.74) is 0.103. The van der Waals surface area contributed by atoms with Gasteiger partial charge < -0.3 is 40.5 Å². The number of hydrogen-bond acceptors (Lipinski definition) is 13. The molecule has 0 atom stereocenters. The van der Waals surface area contributed by atoms with E-state index >= 15 is 0 Å². The van der Waals surface area contributed by atoms with Crippen molar-refractivity contribution in [3.05, 3.63) is 81.8 Å². The maximum Gasteiger partial charge on any atom is 0.267 e. The summed E-state index contributed by atoms with van der Waals surface area (Å²) in [6, 6.07) is 6.13. The number of carbonyl (C=O) groups excluding carboxylic acids is 2. The molecule has 3 aromatic rings. The lowest BCUT2D eigenvalue weighted by Gasteiger charge is -2.36. The first-order chi connectivity index (χ1) is 25.5. The number of aryl methyl sites for hydroxylation is 1. The van der Waals surface area contributed by atoms with Crippen molar-refractivity contribution in [3.8, 4) is 11.5 Å². The first kappa shape index (κ1) is 42.2. The Bertz CT molecular complexity index is 1870. The largest absolute Gasteiger partial charge is 0.504 e. The van der Waals surface area contributed by atoms with Crippen molar-refractivity contribution in [1.29, 1.82) is 0 Å². The zero-order valence-corrected chi connectivity index (χ0v) is 33.5. The predicted octanol–water partition coefficient (Wildman–Crippen LogP) is 5.87. The van der Waals surface area contributed by atoms with Crippen LogP contribution in [0.15, 0.2) is 65.5 Å². The number of halogens is 1. The monoisotopic (exact) mass is 782 g/mol. The molecular weight excluding hydrogens is 732 g/mol. The van der Waals surface area contributed by atoms with Gasteiger partial charge in [0.05, 0.1) is 46.9 Å². The number of amides is 2. The summed E-state index contributed by atoms with van der Waals surface area (Å²) in [5, 5.41) is 29.4. The first-order valence-electron chi connectivity index (χ1n) is 17.6. The number of phenols is 2.